The van der Waals surface area contributed by atoms with E-state index < -0.39 is 17.7 Å². The van der Waals surface area contributed by atoms with E-state index in [1.807, 2.05) is 0 Å². The van der Waals surface area contributed by atoms with Crippen LogP contribution in [0.3, 0.4) is 0 Å². The highest BCUT2D eigenvalue weighted by atomic mass is 19.4. The highest BCUT2D eigenvalue weighted by molar-refractivity contribution is 5.68. The zero-order valence-electron chi connectivity index (χ0n) is 11.7. The number of hydrogen-bond donors (Lipinski definition) is 1. The van der Waals surface area contributed by atoms with Crippen molar-refractivity contribution in [3.8, 4) is 5.75 Å². The summed E-state index contributed by atoms with van der Waals surface area (Å²) < 4.78 is 43.3. The molecule has 118 valence electrons. The summed E-state index contributed by atoms with van der Waals surface area (Å²) in [7, 11) is 1.67. The molecule has 0 aliphatic carbocycles. The van der Waals surface area contributed by atoms with Gasteiger partial charge in [-0.25, -0.2) is 0 Å². The maximum absolute atomic E-state index is 12.7. The first-order valence-electron chi connectivity index (χ1n) is 6.50. The van der Waals surface area contributed by atoms with Crippen molar-refractivity contribution in [2.24, 2.45) is 0 Å². The fourth-order valence-corrected chi connectivity index (χ4v) is 1.80. The summed E-state index contributed by atoms with van der Waals surface area (Å²) in [5.74, 6) is -1.09. The molecule has 0 fully saturated rings. The van der Waals surface area contributed by atoms with Gasteiger partial charge >= 0.3 is 12.1 Å². The number of carboxylic acid groups (broad SMARTS) is 1. The lowest BCUT2D eigenvalue weighted by Crippen LogP contribution is -2.26. The SMILES string of the molecule is CN(CCCCOc1ccccc1C(F)(F)F)CC(=O)O. The zero-order chi connectivity index (χ0) is 15.9. The van der Waals surface area contributed by atoms with E-state index in [4.69, 9.17) is 9.84 Å². The number of likely N-dealkylation sites (N-methyl/N-ethyl adjacent to an activating group) is 1. The molecular weight excluding hydrogens is 287 g/mol. The molecule has 0 atom stereocenters. The van der Waals surface area contributed by atoms with E-state index in [1.165, 1.54) is 18.2 Å². The molecule has 0 spiro atoms. The number of para-hydroxylation sites is 1. The molecule has 0 aliphatic rings. The van der Waals surface area contributed by atoms with Crippen LogP contribution in [0.4, 0.5) is 13.2 Å². The Morgan fingerprint density at radius 3 is 2.57 bits per heavy atom. The van der Waals surface area contributed by atoms with E-state index in [1.54, 1.807) is 11.9 Å². The summed E-state index contributed by atoms with van der Waals surface area (Å²) in [5, 5.41) is 8.57. The maximum atomic E-state index is 12.7. The van der Waals surface area contributed by atoms with Crippen LogP contribution in [-0.4, -0.2) is 42.7 Å². The molecule has 1 aromatic rings. The zero-order valence-corrected chi connectivity index (χ0v) is 11.7. The van der Waals surface area contributed by atoms with E-state index >= 15 is 0 Å². The lowest BCUT2D eigenvalue weighted by Gasteiger charge is -2.15. The Hall–Kier alpha value is -1.76. The summed E-state index contributed by atoms with van der Waals surface area (Å²) in [6.45, 7) is 0.655. The Balaban J connectivity index is 2.35. The minimum absolute atomic E-state index is 0.0578. The van der Waals surface area contributed by atoms with Gasteiger partial charge in [0, 0.05) is 0 Å². The molecule has 1 rings (SSSR count). The van der Waals surface area contributed by atoms with E-state index in [9.17, 15) is 18.0 Å². The second kappa shape index (κ2) is 7.87. The average Bonchev–Trinajstić information content (AvgIpc) is 2.36. The van der Waals surface area contributed by atoms with Gasteiger partial charge in [0.25, 0.3) is 0 Å². The minimum atomic E-state index is -4.43. The molecule has 0 amide bonds. The Bertz CT molecular complexity index is 463. The quantitative estimate of drug-likeness (QED) is 0.750. The number of ether oxygens (including phenoxy) is 1. The van der Waals surface area contributed by atoms with Gasteiger partial charge in [-0.3, -0.25) is 9.69 Å². The van der Waals surface area contributed by atoms with Gasteiger partial charge in [-0.2, -0.15) is 13.2 Å². The van der Waals surface area contributed by atoms with Crippen LogP contribution in [0, 0.1) is 0 Å². The van der Waals surface area contributed by atoms with Crippen LogP contribution >= 0.6 is 0 Å². The van der Waals surface area contributed by atoms with Gasteiger partial charge < -0.3 is 9.84 Å². The molecule has 0 aliphatic heterocycles. The number of unbranched alkanes of at least 4 members (excludes halogenated alkanes) is 1. The van der Waals surface area contributed by atoms with Gasteiger partial charge in [0.1, 0.15) is 5.75 Å². The molecular formula is C14H18F3NO3. The van der Waals surface area contributed by atoms with Gasteiger partial charge in [0.15, 0.2) is 0 Å². The maximum Gasteiger partial charge on any atom is 0.419 e. The van der Waals surface area contributed by atoms with Crippen LogP contribution in [0.1, 0.15) is 18.4 Å². The van der Waals surface area contributed by atoms with Crippen molar-refractivity contribution >= 4 is 5.97 Å². The molecule has 0 saturated heterocycles. The number of halogens is 3. The first-order valence-corrected chi connectivity index (χ1v) is 6.50. The third kappa shape index (κ3) is 6.48. The summed E-state index contributed by atoms with van der Waals surface area (Å²) in [4.78, 5) is 12.1. The van der Waals surface area contributed by atoms with Crippen LogP contribution in [0.15, 0.2) is 24.3 Å². The number of rotatable bonds is 8. The number of carbonyl (C=O) groups is 1. The largest absolute Gasteiger partial charge is 0.493 e. The van der Waals surface area contributed by atoms with Gasteiger partial charge in [-0.1, -0.05) is 12.1 Å². The van der Waals surface area contributed by atoms with Gasteiger partial charge in [0.2, 0.25) is 0 Å². The number of benzene rings is 1. The van der Waals surface area contributed by atoms with Crippen LogP contribution in [0.25, 0.3) is 0 Å². The Morgan fingerprint density at radius 1 is 1.29 bits per heavy atom. The molecule has 0 radical (unpaired) electrons. The second-order valence-corrected chi connectivity index (χ2v) is 4.68. The Morgan fingerprint density at radius 2 is 1.95 bits per heavy atom. The van der Waals surface area contributed by atoms with Crippen LogP contribution in [0.2, 0.25) is 0 Å². The fourth-order valence-electron chi connectivity index (χ4n) is 1.80. The molecule has 0 saturated carbocycles. The monoisotopic (exact) mass is 305 g/mol. The third-order valence-corrected chi connectivity index (χ3v) is 2.79. The predicted octanol–water partition coefficient (Wildman–Crippen LogP) is 2.88. The number of hydrogen-bond acceptors (Lipinski definition) is 3. The normalized spacial score (nSPS) is 11.7. The number of alkyl halides is 3. The smallest absolute Gasteiger partial charge is 0.419 e. The predicted molar refractivity (Wildman–Crippen MR) is 71.3 cm³/mol. The van der Waals surface area contributed by atoms with Crippen molar-refractivity contribution < 1.29 is 27.8 Å². The summed E-state index contributed by atoms with van der Waals surface area (Å²) in [5.41, 5.74) is -0.784. The van der Waals surface area contributed by atoms with Crippen molar-refractivity contribution in [2.75, 3.05) is 26.7 Å². The van der Waals surface area contributed by atoms with E-state index in [0.29, 0.717) is 19.4 Å². The molecule has 0 unspecified atom stereocenters. The molecule has 21 heavy (non-hydrogen) atoms. The highest BCUT2D eigenvalue weighted by Crippen LogP contribution is 2.35. The van der Waals surface area contributed by atoms with Gasteiger partial charge in [-0.15, -0.1) is 0 Å². The first kappa shape index (κ1) is 17.3. The van der Waals surface area contributed by atoms with Gasteiger partial charge in [-0.05, 0) is 38.6 Å². The van der Waals surface area contributed by atoms with Crippen molar-refractivity contribution in [1.82, 2.24) is 4.90 Å². The molecule has 1 aromatic carbocycles. The van der Waals surface area contributed by atoms with E-state index in [-0.39, 0.29) is 18.9 Å². The lowest BCUT2D eigenvalue weighted by atomic mass is 10.2. The third-order valence-electron chi connectivity index (χ3n) is 2.79. The fraction of sp³-hybridized carbons (Fsp3) is 0.500. The lowest BCUT2D eigenvalue weighted by molar-refractivity contribution is -0.139. The highest BCUT2D eigenvalue weighted by Gasteiger charge is 2.33. The second-order valence-electron chi connectivity index (χ2n) is 4.68. The average molecular weight is 305 g/mol. The number of carboxylic acids is 1. The molecule has 0 bridgehead atoms. The minimum Gasteiger partial charge on any atom is -0.493 e. The summed E-state index contributed by atoms with van der Waals surface area (Å²) in [6.07, 6.45) is -3.23. The van der Waals surface area contributed by atoms with Gasteiger partial charge in [0.05, 0.1) is 18.7 Å². The first-order chi connectivity index (χ1) is 9.80. The molecule has 0 heterocycles. The van der Waals surface area contributed by atoms with Crippen LogP contribution < -0.4 is 4.74 Å². The Kier molecular flexibility index (Phi) is 6.48. The topological polar surface area (TPSA) is 49.8 Å². The van der Waals surface area contributed by atoms with Crippen molar-refractivity contribution in [1.29, 1.82) is 0 Å². The van der Waals surface area contributed by atoms with Crippen molar-refractivity contribution in [3.63, 3.8) is 0 Å². The van der Waals surface area contributed by atoms with E-state index in [2.05, 4.69) is 0 Å². The summed E-state index contributed by atoms with van der Waals surface area (Å²) >= 11 is 0. The number of aliphatic carboxylic acids is 1. The van der Waals surface area contributed by atoms with Crippen LogP contribution in [-0.2, 0) is 11.0 Å². The molecule has 7 heteroatoms. The van der Waals surface area contributed by atoms with E-state index in [0.717, 1.165) is 6.07 Å². The molecule has 4 nitrogen and oxygen atoms in total. The molecule has 1 N–H and O–H groups in total. The van der Waals surface area contributed by atoms with Crippen molar-refractivity contribution in [2.45, 2.75) is 19.0 Å². The standard InChI is InChI=1S/C14H18F3NO3/c1-18(10-13(19)20)8-4-5-9-21-12-7-3-2-6-11(12)14(15,16)17/h2-3,6-7H,4-5,8-10H2,1H3,(H,19,20). The summed E-state index contributed by atoms with van der Waals surface area (Å²) in [6, 6.07) is 5.08. The molecule has 0 aromatic heterocycles. The van der Waals surface area contributed by atoms with Crippen LogP contribution in [0.5, 0.6) is 5.75 Å². The van der Waals surface area contributed by atoms with Crippen molar-refractivity contribution in [3.05, 3.63) is 29.8 Å². The Labute approximate surface area is 121 Å². The number of nitrogens with zero attached hydrogens (tertiary/aromatic N) is 1.